The number of allylic oxidation sites excluding steroid dienone is 4. The first-order valence-corrected chi connectivity index (χ1v) is 23.9. The van der Waals surface area contributed by atoms with E-state index < -0.39 is 44.7 Å². The predicted molar refractivity (Wildman–Crippen MR) is 245 cm³/mol. The van der Waals surface area contributed by atoms with E-state index in [0.29, 0.717) is 24.0 Å². The van der Waals surface area contributed by atoms with Gasteiger partial charge in [0.25, 0.3) is 0 Å². The number of halogens is 8. The molecule has 2 aliphatic carbocycles. The third kappa shape index (κ3) is 9.19. The second-order valence-corrected chi connectivity index (χ2v) is 23.8. The summed E-state index contributed by atoms with van der Waals surface area (Å²) in [6, 6.07) is 38.3. The second kappa shape index (κ2) is 17.7. The molecule has 0 radical (unpaired) electrons. The van der Waals surface area contributed by atoms with E-state index in [1.54, 1.807) is 0 Å². The molecule has 0 spiro atoms. The Balaban J connectivity index is 0.00000321. The molecule has 62 heavy (non-hydrogen) atoms. The number of hydrogen-bond donors (Lipinski definition) is 0. The molecule has 320 valence electrons. The van der Waals surface area contributed by atoms with Crippen molar-refractivity contribution < 1.29 is 47.6 Å². The molecule has 0 aromatic heterocycles. The van der Waals surface area contributed by atoms with Crippen LogP contribution < -0.4 is 3.27 Å². The van der Waals surface area contributed by atoms with Crippen LogP contribution >= 0.6 is 24.8 Å². The SMILES string of the molecule is CC(C)(C)c1cc2c(cc1-c1ccccc1)Cc1c-2cc(C(C)(C)C)c(-c2ccccc2)[c]1[Zr]([C]1=CC=CC1)=[C](c1ccc(C(F)(F)F)cc1)c1ccc(C(F)(F)F)cc1.Cl.Cl. The second-order valence-electron chi connectivity index (χ2n) is 17.9. The number of hydrogen-bond acceptors (Lipinski definition) is 0. The van der Waals surface area contributed by atoms with Crippen LogP contribution in [0.5, 0.6) is 0 Å². The summed E-state index contributed by atoms with van der Waals surface area (Å²) >= 11 is -3.70. The molecule has 0 bridgehead atoms. The summed E-state index contributed by atoms with van der Waals surface area (Å²) in [6.45, 7) is 13.4. The Morgan fingerprint density at radius 1 is 0.532 bits per heavy atom. The minimum atomic E-state index is -4.55. The van der Waals surface area contributed by atoms with Gasteiger partial charge in [0, 0.05) is 0 Å². The fourth-order valence-electron chi connectivity index (χ4n) is 8.81. The minimum absolute atomic E-state index is 0. The van der Waals surface area contributed by atoms with Gasteiger partial charge in [0.15, 0.2) is 0 Å². The van der Waals surface area contributed by atoms with Crippen LogP contribution in [-0.2, 0) is 50.9 Å². The molecule has 6 aromatic rings. The van der Waals surface area contributed by atoms with Crippen molar-refractivity contribution in [3.8, 4) is 33.4 Å². The molecule has 0 aliphatic heterocycles. The third-order valence-electron chi connectivity index (χ3n) is 11.7. The van der Waals surface area contributed by atoms with Gasteiger partial charge in [-0.2, -0.15) is 0 Å². The van der Waals surface area contributed by atoms with Crippen molar-refractivity contribution in [3.63, 3.8) is 0 Å². The van der Waals surface area contributed by atoms with Gasteiger partial charge in [-0.05, 0) is 0 Å². The van der Waals surface area contributed by atoms with E-state index in [1.165, 1.54) is 58.6 Å². The van der Waals surface area contributed by atoms with Crippen LogP contribution in [0.25, 0.3) is 33.4 Å². The molecule has 0 nitrogen and oxygen atoms in total. The van der Waals surface area contributed by atoms with Gasteiger partial charge in [-0.3, -0.25) is 0 Å². The van der Waals surface area contributed by atoms with Crippen molar-refractivity contribution in [1.29, 1.82) is 0 Å². The minimum Gasteiger partial charge on any atom is -0.147 e. The molecule has 0 atom stereocenters. The van der Waals surface area contributed by atoms with Crippen LogP contribution in [0.3, 0.4) is 0 Å². The molecule has 0 N–H and O–H groups in total. The van der Waals surface area contributed by atoms with Crippen molar-refractivity contribution in [1.82, 2.24) is 0 Å². The summed E-state index contributed by atoms with van der Waals surface area (Å²) in [7, 11) is 0. The van der Waals surface area contributed by atoms with Crippen molar-refractivity contribution in [2.75, 3.05) is 0 Å². The molecule has 0 saturated carbocycles. The van der Waals surface area contributed by atoms with Crippen molar-refractivity contribution >= 4 is 31.3 Å². The van der Waals surface area contributed by atoms with Gasteiger partial charge in [0.2, 0.25) is 0 Å². The predicted octanol–water partition coefficient (Wildman–Crippen LogP) is 15.4. The van der Waals surface area contributed by atoms with E-state index in [2.05, 4.69) is 108 Å². The summed E-state index contributed by atoms with van der Waals surface area (Å²) < 4.78 is 87.7. The molecule has 9 heteroatoms. The Morgan fingerprint density at radius 3 is 1.47 bits per heavy atom. The molecule has 2 aliphatic rings. The first-order chi connectivity index (χ1) is 28.3. The topological polar surface area (TPSA) is 0 Å². The zero-order valence-corrected chi connectivity index (χ0v) is 39.4. The zero-order valence-electron chi connectivity index (χ0n) is 35.4. The maximum absolute atomic E-state index is 14.1. The van der Waals surface area contributed by atoms with Crippen LogP contribution in [0.15, 0.2) is 149 Å². The molecule has 8 rings (SSSR count). The molecule has 0 amide bonds. The standard InChI is InChI=1S/C33H33.C15H8F6.C5H5.2ClH.Zr/c1-32(2,3)30-20-26-24(18-28(30)22-13-9-7-10-14-22)17-25-19-29(23-15-11-8-12-16-23)31(21-27(25)26)33(4,5)6;16-14(17,18)12-5-1-10(2-6-12)9-11-3-7-13(8-4-11)15(19,20)21;1-2-4-5-3-1;;;/h7-16,18,20-21H,17H2,1-6H3;1-8H;1-3H,4H2;2*1H;. The Hall–Kier alpha value is -4.29. The Kier molecular flexibility index (Phi) is 13.5. The van der Waals surface area contributed by atoms with Gasteiger partial charge in [0.1, 0.15) is 0 Å². The summed E-state index contributed by atoms with van der Waals surface area (Å²) in [5, 5.41) is 0. The zero-order chi connectivity index (χ0) is 42.8. The smallest absolute Gasteiger partial charge is 0.147 e. The Bertz CT molecular complexity index is 2640. The quantitative estimate of drug-likeness (QED) is 0.146. The van der Waals surface area contributed by atoms with E-state index in [4.69, 9.17) is 0 Å². The van der Waals surface area contributed by atoms with Gasteiger partial charge >= 0.3 is 358 Å². The number of alkyl halides is 6. The Morgan fingerprint density at radius 2 is 1.02 bits per heavy atom. The van der Waals surface area contributed by atoms with Gasteiger partial charge in [-0.25, -0.2) is 0 Å². The van der Waals surface area contributed by atoms with E-state index in [9.17, 15) is 26.3 Å². The average Bonchev–Trinajstić information content (AvgIpc) is 3.87. The van der Waals surface area contributed by atoms with E-state index in [0.717, 1.165) is 55.3 Å². The summed E-state index contributed by atoms with van der Waals surface area (Å²) in [4.78, 5) is 0. The largest absolute Gasteiger partial charge is 0.147 e. The molecule has 0 heterocycles. The van der Waals surface area contributed by atoms with Crippen LogP contribution in [0.2, 0.25) is 0 Å². The normalized spacial score (nSPS) is 13.5. The Labute approximate surface area is 380 Å². The molecule has 0 unspecified atom stereocenters. The van der Waals surface area contributed by atoms with Crippen LogP contribution in [-0.4, -0.2) is 3.21 Å². The molecule has 0 fully saturated rings. The van der Waals surface area contributed by atoms with E-state index >= 15 is 0 Å². The summed E-state index contributed by atoms with van der Waals surface area (Å²) in [5.41, 5.74) is 10.7. The molecule has 0 saturated heterocycles. The van der Waals surface area contributed by atoms with Crippen molar-refractivity contribution in [2.24, 2.45) is 0 Å². The summed E-state index contributed by atoms with van der Waals surface area (Å²) in [5.74, 6) is 0. The molecular weight excluding hydrogens is 913 g/mol. The van der Waals surface area contributed by atoms with Gasteiger partial charge < -0.3 is 0 Å². The maximum Gasteiger partial charge on any atom is -0.147 e. The van der Waals surface area contributed by atoms with Crippen LogP contribution in [0.4, 0.5) is 26.3 Å². The first kappa shape index (κ1) is 47.2. The third-order valence-corrected chi connectivity index (χ3v) is 19.4. The monoisotopic (exact) mass is 958 g/mol. The molecular formula is C53H48Cl2F6Zr. The number of rotatable bonds is 6. The average molecular weight is 961 g/mol. The van der Waals surface area contributed by atoms with Crippen molar-refractivity contribution in [3.05, 3.63) is 193 Å². The maximum atomic E-state index is 14.1. The fraction of sp³-hybridized carbons (Fsp3) is 0.226. The summed E-state index contributed by atoms with van der Waals surface area (Å²) in [6.07, 6.45) is -1.50. The van der Waals surface area contributed by atoms with Gasteiger partial charge in [-0.15, -0.1) is 24.8 Å². The number of fused-ring (bicyclic) bond motifs is 3. The first-order valence-electron chi connectivity index (χ1n) is 20.3. The van der Waals surface area contributed by atoms with Crippen LogP contribution in [0, 0.1) is 0 Å². The van der Waals surface area contributed by atoms with Crippen LogP contribution in [0.1, 0.15) is 92.5 Å². The molecule has 6 aromatic carbocycles. The van der Waals surface area contributed by atoms with E-state index in [1.807, 2.05) is 30.3 Å². The fourth-order valence-corrected chi connectivity index (χ4v) is 17.3. The van der Waals surface area contributed by atoms with Crippen molar-refractivity contribution in [2.45, 2.75) is 77.6 Å². The van der Waals surface area contributed by atoms with Gasteiger partial charge in [0.05, 0.1) is 0 Å². The number of benzene rings is 6. The van der Waals surface area contributed by atoms with Gasteiger partial charge in [-0.1, -0.05) is 0 Å². The van der Waals surface area contributed by atoms with E-state index in [-0.39, 0.29) is 35.6 Å².